The Morgan fingerprint density at radius 3 is 2.76 bits per heavy atom. The van der Waals surface area contributed by atoms with E-state index in [2.05, 4.69) is 15.6 Å². The predicted octanol–water partition coefficient (Wildman–Crippen LogP) is 2.15. The van der Waals surface area contributed by atoms with Gasteiger partial charge in [0.2, 0.25) is 5.91 Å². The van der Waals surface area contributed by atoms with Crippen molar-refractivity contribution in [1.29, 1.82) is 0 Å². The number of benzene rings is 1. The zero-order valence-electron chi connectivity index (χ0n) is 13.8. The minimum atomic E-state index is -1.01. The fraction of sp³-hybridized carbons (Fsp3) is 0.278. The Labute approximate surface area is 145 Å². The Balaban J connectivity index is 1.78. The summed E-state index contributed by atoms with van der Waals surface area (Å²) in [5, 5.41) is 15.0. The maximum absolute atomic E-state index is 12.1. The summed E-state index contributed by atoms with van der Waals surface area (Å²) < 4.78 is 5.28. The van der Waals surface area contributed by atoms with Crippen LogP contribution in [0.4, 0.5) is 5.82 Å². The number of nitrogens with one attached hydrogen (secondary N) is 2. The van der Waals surface area contributed by atoms with Gasteiger partial charge >= 0.3 is 5.97 Å². The van der Waals surface area contributed by atoms with Gasteiger partial charge in [-0.1, -0.05) is 0 Å². The molecule has 1 fully saturated rings. The summed E-state index contributed by atoms with van der Waals surface area (Å²) in [4.78, 5) is 27.4. The van der Waals surface area contributed by atoms with Crippen molar-refractivity contribution in [2.45, 2.75) is 18.9 Å². The molecule has 1 aromatic heterocycles. The van der Waals surface area contributed by atoms with Gasteiger partial charge in [0.1, 0.15) is 11.6 Å². The molecule has 1 amide bonds. The van der Waals surface area contributed by atoms with Crippen LogP contribution in [-0.4, -0.2) is 41.7 Å². The highest BCUT2D eigenvalue weighted by Crippen LogP contribution is 2.31. The second-order valence-electron chi connectivity index (χ2n) is 5.79. The van der Waals surface area contributed by atoms with Crippen LogP contribution in [0.1, 0.15) is 23.2 Å². The average Bonchev–Trinajstić information content (AvgIpc) is 3.16. The second kappa shape index (κ2) is 7.31. The first-order chi connectivity index (χ1) is 12.1. The zero-order valence-corrected chi connectivity index (χ0v) is 13.8. The van der Waals surface area contributed by atoms with Crippen LogP contribution in [0.25, 0.3) is 11.1 Å². The monoisotopic (exact) mass is 341 g/mol. The first-order valence-electron chi connectivity index (χ1n) is 8.00. The molecule has 3 N–H and O–H groups in total. The van der Waals surface area contributed by atoms with Crippen molar-refractivity contribution < 1.29 is 19.4 Å². The van der Waals surface area contributed by atoms with Crippen LogP contribution in [0.5, 0.6) is 5.75 Å². The number of aromatic carboxylic acids is 1. The van der Waals surface area contributed by atoms with Crippen molar-refractivity contribution in [3.63, 3.8) is 0 Å². The summed E-state index contributed by atoms with van der Waals surface area (Å²) in [5.74, 6) is -0.167. The summed E-state index contributed by atoms with van der Waals surface area (Å²) in [5.41, 5.74) is 1.66. The van der Waals surface area contributed by atoms with Crippen LogP contribution >= 0.6 is 0 Å². The number of carboxylic acid groups (broad SMARTS) is 1. The number of anilines is 1. The topological polar surface area (TPSA) is 101 Å². The van der Waals surface area contributed by atoms with E-state index in [9.17, 15) is 9.59 Å². The molecule has 130 valence electrons. The van der Waals surface area contributed by atoms with E-state index in [4.69, 9.17) is 9.84 Å². The number of hydrogen-bond acceptors (Lipinski definition) is 5. The van der Waals surface area contributed by atoms with Gasteiger partial charge in [0, 0.05) is 17.3 Å². The van der Waals surface area contributed by atoms with Crippen molar-refractivity contribution >= 4 is 17.7 Å². The minimum absolute atomic E-state index is 0.0823. The molecule has 1 atom stereocenters. The highest BCUT2D eigenvalue weighted by Gasteiger charge is 2.22. The lowest BCUT2D eigenvalue weighted by Crippen LogP contribution is -2.35. The Morgan fingerprint density at radius 2 is 2.16 bits per heavy atom. The summed E-state index contributed by atoms with van der Waals surface area (Å²) in [6, 6.07) is 8.03. The van der Waals surface area contributed by atoms with Gasteiger partial charge in [-0.25, -0.2) is 9.78 Å². The van der Waals surface area contributed by atoms with Gasteiger partial charge in [-0.05, 0) is 49.7 Å². The van der Waals surface area contributed by atoms with Crippen molar-refractivity contribution in [2.24, 2.45) is 0 Å². The van der Waals surface area contributed by atoms with Crippen molar-refractivity contribution in [2.75, 3.05) is 19.0 Å². The number of rotatable bonds is 5. The van der Waals surface area contributed by atoms with Crippen molar-refractivity contribution in [3.8, 4) is 16.9 Å². The molecule has 7 nitrogen and oxygen atoms in total. The molecule has 2 heterocycles. The molecule has 0 saturated carbocycles. The fourth-order valence-corrected chi connectivity index (χ4v) is 2.81. The van der Waals surface area contributed by atoms with E-state index in [0.29, 0.717) is 11.6 Å². The molecule has 3 rings (SSSR count). The van der Waals surface area contributed by atoms with Crippen LogP contribution in [0, 0.1) is 0 Å². The number of carbonyl (C=O) groups is 2. The maximum atomic E-state index is 12.1. The molecule has 2 aromatic rings. The molecule has 0 bridgehead atoms. The third kappa shape index (κ3) is 3.77. The first-order valence-corrected chi connectivity index (χ1v) is 8.00. The molecule has 0 radical (unpaired) electrons. The lowest BCUT2D eigenvalue weighted by molar-refractivity contribution is -0.117. The quantitative estimate of drug-likeness (QED) is 0.770. The fourth-order valence-electron chi connectivity index (χ4n) is 2.81. The van der Waals surface area contributed by atoms with Crippen LogP contribution < -0.4 is 15.4 Å². The van der Waals surface area contributed by atoms with Gasteiger partial charge in [0.25, 0.3) is 0 Å². The summed E-state index contributed by atoms with van der Waals surface area (Å²) in [6.07, 6.45) is 3.45. The van der Waals surface area contributed by atoms with E-state index in [0.717, 1.165) is 30.5 Å². The van der Waals surface area contributed by atoms with Gasteiger partial charge in [-0.2, -0.15) is 0 Å². The number of methoxy groups -OCH3 is 1. The number of nitrogens with zero attached hydrogens (tertiary/aromatic N) is 1. The van der Waals surface area contributed by atoms with Crippen molar-refractivity contribution in [1.82, 2.24) is 10.3 Å². The number of pyridine rings is 1. The highest BCUT2D eigenvalue weighted by atomic mass is 16.5. The van der Waals surface area contributed by atoms with E-state index in [-0.39, 0.29) is 17.5 Å². The number of ether oxygens (including phenoxy) is 1. The molecule has 1 aliphatic heterocycles. The van der Waals surface area contributed by atoms with E-state index < -0.39 is 5.97 Å². The molecular formula is C18H19N3O4. The van der Waals surface area contributed by atoms with Crippen LogP contribution in [0.2, 0.25) is 0 Å². The summed E-state index contributed by atoms with van der Waals surface area (Å²) in [6.45, 7) is 0.858. The SMILES string of the molecule is COc1cc(C(=O)O)ccc1-c1ccc(NC(=O)[C@H]2CCCN2)nc1. The molecule has 0 unspecified atom stereocenters. The standard InChI is InChI=1S/C18H19N3O4/c1-25-15-9-11(18(23)24)4-6-13(15)12-5-7-16(20-10-12)21-17(22)14-3-2-8-19-14/h4-7,9-10,14,19H,2-3,8H2,1H3,(H,23,24)(H,20,21,22)/t14-/m1/s1. The average molecular weight is 341 g/mol. The number of carbonyl (C=O) groups excluding carboxylic acids is 1. The lowest BCUT2D eigenvalue weighted by Gasteiger charge is -2.12. The van der Waals surface area contributed by atoms with E-state index in [1.54, 1.807) is 18.3 Å². The number of carboxylic acids is 1. The number of amides is 1. The minimum Gasteiger partial charge on any atom is -0.496 e. The Hall–Kier alpha value is -2.93. The predicted molar refractivity (Wildman–Crippen MR) is 92.8 cm³/mol. The molecule has 0 spiro atoms. The molecule has 7 heteroatoms. The molecular weight excluding hydrogens is 322 g/mol. The Bertz CT molecular complexity index is 783. The van der Waals surface area contributed by atoms with Gasteiger partial charge in [-0.3, -0.25) is 4.79 Å². The maximum Gasteiger partial charge on any atom is 0.335 e. The third-order valence-corrected chi connectivity index (χ3v) is 4.15. The Kier molecular flexibility index (Phi) is 4.95. The van der Waals surface area contributed by atoms with E-state index in [1.165, 1.54) is 19.2 Å². The van der Waals surface area contributed by atoms with Crippen molar-refractivity contribution in [3.05, 3.63) is 42.1 Å². The number of aromatic nitrogens is 1. The third-order valence-electron chi connectivity index (χ3n) is 4.15. The van der Waals surface area contributed by atoms with E-state index >= 15 is 0 Å². The van der Waals surface area contributed by atoms with Gasteiger partial charge in [-0.15, -0.1) is 0 Å². The number of hydrogen-bond donors (Lipinski definition) is 3. The molecule has 1 saturated heterocycles. The molecule has 25 heavy (non-hydrogen) atoms. The highest BCUT2D eigenvalue weighted by molar-refractivity contribution is 5.94. The van der Waals surface area contributed by atoms with Crippen LogP contribution in [0.15, 0.2) is 36.5 Å². The second-order valence-corrected chi connectivity index (χ2v) is 5.79. The smallest absolute Gasteiger partial charge is 0.335 e. The molecule has 1 aromatic carbocycles. The summed E-state index contributed by atoms with van der Waals surface area (Å²) in [7, 11) is 1.49. The van der Waals surface area contributed by atoms with Crippen LogP contribution in [0.3, 0.4) is 0 Å². The lowest BCUT2D eigenvalue weighted by atomic mass is 10.0. The largest absolute Gasteiger partial charge is 0.496 e. The van der Waals surface area contributed by atoms with E-state index in [1.807, 2.05) is 6.07 Å². The normalized spacial score (nSPS) is 16.4. The van der Waals surface area contributed by atoms with Gasteiger partial charge < -0.3 is 20.5 Å². The Morgan fingerprint density at radius 1 is 1.32 bits per heavy atom. The first kappa shape index (κ1) is 16.9. The zero-order chi connectivity index (χ0) is 17.8. The summed E-state index contributed by atoms with van der Waals surface area (Å²) >= 11 is 0. The van der Waals surface area contributed by atoms with Crippen LogP contribution in [-0.2, 0) is 4.79 Å². The van der Waals surface area contributed by atoms with Gasteiger partial charge in [0.15, 0.2) is 0 Å². The molecule has 1 aliphatic rings. The van der Waals surface area contributed by atoms with Gasteiger partial charge in [0.05, 0.1) is 18.7 Å². The molecule has 0 aliphatic carbocycles.